The number of carbonyl (C=O) groups excluding carboxylic acids is 1. The van der Waals surface area contributed by atoms with Crippen LogP contribution >= 0.6 is 15.9 Å². The fourth-order valence-electron chi connectivity index (χ4n) is 2.86. The number of rotatable bonds is 3. The van der Waals surface area contributed by atoms with Gasteiger partial charge in [-0.1, -0.05) is 46.3 Å². The fourth-order valence-corrected chi connectivity index (χ4v) is 3.13. The molecule has 0 aliphatic heterocycles. The van der Waals surface area contributed by atoms with Crippen molar-refractivity contribution in [3.05, 3.63) is 94.7 Å². The number of nitrogens with one attached hydrogen (secondary N) is 1. The molecule has 0 radical (unpaired) electrons. The summed E-state index contributed by atoms with van der Waals surface area (Å²) in [5.41, 5.74) is 3.42. The maximum Gasteiger partial charge on any atom is 0.256 e. The maximum atomic E-state index is 13.1. The Kier molecular flexibility index (Phi) is 4.69. The van der Waals surface area contributed by atoms with Crippen LogP contribution in [0.4, 0.5) is 10.1 Å². The Labute approximate surface area is 164 Å². The fraction of sp³-hybridized carbons (Fsp3) is 0. The summed E-state index contributed by atoms with van der Waals surface area (Å²) in [5, 5.41) is 3.59. The zero-order chi connectivity index (χ0) is 18.8. The van der Waals surface area contributed by atoms with Gasteiger partial charge in [0.15, 0.2) is 0 Å². The highest BCUT2D eigenvalue weighted by molar-refractivity contribution is 9.10. The average Bonchev–Trinajstić information content (AvgIpc) is 2.69. The number of pyridine rings is 1. The van der Waals surface area contributed by atoms with Crippen molar-refractivity contribution < 1.29 is 9.18 Å². The van der Waals surface area contributed by atoms with Crippen LogP contribution in [-0.2, 0) is 0 Å². The average molecular weight is 421 g/mol. The number of amides is 1. The summed E-state index contributed by atoms with van der Waals surface area (Å²) in [6.45, 7) is 0. The van der Waals surface area contributed by atoms with Crippen LogP contribution in [0.2, 0.25) is 0 Å². The predicted octanol–water partition coefficient (Wildman–Crippen LogP) is 6.06. The van der Waals surface area contributed by atoms with Crippen molar-refractivity contribution in [2.24, 2.45) is 0 Å². The lowest BCUT2D eigenvalue weighted by Gasteiger charge is -2.11. The number of hydrogen-bond acceptors (Lipinski definition) is 2. The van der Waals surface area contributed by atoms with Gasteiger partial charge < -0.3 is 5.32 Å². The van der Waals surface area contributed by atoms with Gasteiger partial charge in [-0.2, -0.15) is 0 Å². The highest BCUT2D eigenvalue weighted by atomic mass is 79.9. The number of hydrogen-bond donors (Lipinski definition) is 1. The molecule has 0 fully saturated rings. The van der Waals surface area contributed by atoms with Crippen molar-refractivity contribution in [3.63, 3.8) is 0 Å². The molecule has 1 heterocycles. The maximum absolute atomic E-state index is 13.1. The standard InChI is InChI=1S/C22H14BrFN2O/c23-15-7-5-14(6-8-15)21-13-19(18-3-1-2-4-20(18)26-21)22(27)25-17-11-9-16(24)10-12-17/h1-13H,(H,25,27). The minimum atomic E-state index is -0.347. The highest BCUT2D eigenvalue weighted by Crippen LogP contribution is 2.26. The smallest absolute Gasteiger partial charge is 0.256 e. The monoisotopic (exact) mass is 420 g/mol. The van der Waals surface area contributed by atoms with Crippen LogP contribution in [0.15, 0.2) is 83.3 Å². The molecule has 1 N–H and O–H groups in total. The lowest BCUT2D eigenvalue weighted by Crippen LogP contribution is -2.13. The third-order valence-corrected chi connectivity index (χ3v) is 4.73. The Hall–Kier alpha value is -3.05. The van der Waals surface area contributed by atoms with Crippen molar-refractivity contribution in [1.29, 1.82) is 0 Å². The summed E-state index contributed by atoms with van der Waals surface area (Å²) < 4.78 is 14.1. The highest BCUT2D eigenvalue weighted by Gasteiger charge is 2.14. The number of carbonyl (C=O) groups is 1. The van der Waals surface area contributed by atoms with E-state index in [-0.39, 0.29) is 11.7 Å². The first-order chi connectivity index (χ1) is 13.1. The first-order valence-corrected chi connectivity index (χ1v) is 9.12. The largest absolute Gasteiger partial charge is 0.322 e. The molecule has 27 heavy (non-hydrogen) atoms. The van der Waals surface area contributed by atoms with Gasteiger partial charge in [-0.15, -0.1) is 0 Å². The van der Waals surface area contributed by atoms with Gasteiger partial charge in [0.05, 0.1) is 16.8 Å². The third-order valence-electron chi connectivity index (χ3n) is 4.20. The molecule has 0 spiro atoms. The SMILES string of the molecule is O=C(Nc1ccc(F)cc1)c1cc(-c2ccc(Br)cc2)nc2ccccc12. The summed E-state index contributed by atoms with van der Waals surface area (Å²) in [7, 11) is 0. The molecule has 5 heteroatoms. The lowest BCUT2D eigenvalue weighted by molar-refractivity contribution is 0.102. The Morgan fingerprint density at radius 3 is 2.37 bits per heavy atom. The van der Waals surface area contributed by atoms with E-state index >= 15 is 0 Å². The van der Waals surface area contributed by atoms with Gasteiger partial charge in [0.25, 0.3) is 5.91 Å². The summed E-state index contributed by atoms with van der Waals surface area (Å²) in [4.78, 5) is 17.6. The van der Waals surface area contributed by atoms with Crippen molar-refractivity contribution >= 4 is 38.4 Å². The van der Waals surface area contributed by atoms with Crippen LogP contribution in [0.5, 0.6) is 0 Å². The quantitative estimate of drug-likeness (QED) is 0.437. The number of benzene rings is 3. The number of fused-ring (bicyclic) bond motifs is 1. The first-order valence-electron chi connectivity index (χ1n) is 8.33. The molecule has 0 aliphatic rings. The third kappa shape index (κ3) is 3.73. The number of para-hydroxylation sites is 1. The molecular weight excluding hydrogens is 407 g/mol. The van der Waals surface area contributed by atoms with Crippen LogP contribution in [0.1, 0.15) is 10.4 Å². The van der Waals surface area contributed by atoms with E-state index in [9.17, 15) is 9.18 Å². The molecular formula is C22H14BrFN2O. The molecule has 0 atom stereocenters. The zero-order valence-corrected chi connectivity index (χ0v) is 15.7. The Morgan fingerprint density at radius 2 is 1.63 bits per heavy atom. The first kappa shape index (κ1) is 17.4. The summed E-state index contributed by atoms with van der Waals surface area (Å²) in [5.74, 6) is -0.613. The van der Waals surface area contributed by atoms with E-state index in [1.165, 1.54) is 24.3 Å². The number of halogens is 2. The molecule has 0 aliphatic carbocycles. The van der Waals surface area contributed by atoms with Crippen LogP contribution in [-0.4, -0.2) is 10.9 Å². The molecule has 132 valence electrons. The molecule has 4 aromatic rings. The molecule has 3 aromatic carbocycles. The van der Waals surface area contributed by atoms with E-state index in [4.69, 9.17) is 4.98 Å². The van der Waals surface area contributed by atoms with E-state index in [2.05, 4.69) is 21.2 Å². The van der Waals surface area contributed by atoms with Gasteiger partial charge in [-0.25, -0.2) is 9.37 Å². The van der Waals surface area contributed by atoms with Crippen LogP contribution in [0.3, 0.4) is 0 Å². The molecule has 1 aromatic heterocycles. The normalized spacial score (nSPS) is 10.7. The van der Waals surface area contributed by atoms with Crippen molar-refractivity contribution in [3.8, 4) is 11.3 Å². The summed E-state index contributed by atoms with van der Waals surface area (Å²) in [6, 6.07) is 22.8. The van der Waals surface area contributed by atoms with Gasteiger partial charge in [0.1, 0.15) is 5.82 Å². The van der Waals surface area contributed by atoms with Crippen LogP contribution in [0.25, 0.3) is 22.2 Å². The topological polar surface area (TPSA) is 42.0 Å². The summed E-state index contributed by atoms with van der Waals surface area (Å²) >= 11 is 3.43. The molecule has 1 amide bonds. The van der Waals surface area contributed by atoms with E-state index in [1.54, 1.807) is 6.07 Å². The number of nitrogens with zero attached hydrogens (tertiary/aromatic N) is 1. The van der Waals surface area contributed by atoms with Gasteiger partial charge in [-0.3, -0.25) is 4.79 Å². The molecule has 0 saturated carbocycles. The van der Waals surface area contributed by atoms with E-state index in [0.717, 1.165) is 20.9 Å². The molecule has 4 rings (SSSR count). The van der Waals surface area contributed by atoms with Gasteiger partial charge in [0.2, 0.25) is 0 Å². The molecule has 3 nitrogen and oxygen atoms in total. The minimum Gasteiger partial charge on any atom is -0.322 e. The Morgan fingerprint density at radius 1 is 0.926 bits per heavy atom. The van der Waals surface area contributed by atoms with Crippen molar-refractivity contribution in [2.45, 2.75) is 0 Å². The number of aromatic nitrogens is 1. The summed E-state index contributed by atoms with van der Waals surface area (Å²) in [6.07, 6.45) is 0. The van der Waals surface area contributed by atoms with Crippen LogP contribution in [0, 0.1) is 5.82 Å². The van der Waals surface area contributed by atoms with E-state index < -0.39 is 0 Å². The van der Waals surface area contributed by atoms with Gasteiger partial charge >= 0.3 is 0 Å². The Bertz CT molecular complexity index is 1130. The van der Waals surface area contributed by atoms with E-state index in [0.29, 0.717) is 16.9 Å². The lowest BCUT2D eigenvalue weighted by atomic mass is 10.0. The Balaban J connectivity index is 1.79. The van der Waals surface area contributed by atoms with Gasteiger partial charge in [0, 0.05) is 21.1 Å². The zero-order valence-electron chi connectivity index (χ0n) is 14.1. The minimum absolute atomic E-state index is 0.265. The van der Waals surface area contributed by atoms with Gasteiger partial charge in [-0.05, 0) is 48.5 Å². The molecule has 0 unspecified atom stereocenters. The second kappa shape index (κ2) is 7.29. The van der Waals surface area contributed by atoms with Crippen LogP contribution < -0.4 is 5.32 Å². The molecule has 0 bridgehead atoms. The van der Waals surface area contributed by atoms with E-state index in [1.807, 2.05) is 48.5 Å². The van der Waals surface area contributed by atoms with Crippen molar-refractivity contribution in [1.82, 2.24) is 4.98 Å². The second-order valence-corrected chi connectivity index (χ2v) is 6.96. The predicted molar refractivity (Wildman–Crippen MR) is 109 cm³/mol. The van der Waals surface area contributed by atoms with Crippen molar-refractivity contribution in [2.75, 3.05) is 5.32 Å². The molecule has 0 saturated heterocycles. The number of anilines is 1. The second-order valence-electron chi connectivity index (χ2n) is 6.04.